The van der Waals surface area contributed by atoms with Crippen molar-refractivity contribution >= 4 is 22.7 Å². The van der Waals surface area contributed by atoms with Crippen LogP contribution in [0.1, 0.15) is 38.3 Å². The molecular weight excluding hydrogens is 675 g/mol. The molecule has 0 saturated heterocycles. The van der Waals surface area contributed by atoms with E-state index >= 15 is 0 Å². The molecule has 6 heteroatoms. The van der Waals surface area contributed by atoms with Crippen molar-refractivity contribution in [3.05, 3.63) is 192 Å². The van der Waals surface area contributed by atoms with Crippen LogP contribution in [0.3, 0.4) is 0 Å². The number of para-hydroxylation sites is 4. The zero-order valence-corrected chi connectivity index (χ0v) is 31.0. The van der Waals surface area contributed by atoms with E-state index in [9.17, 15) is 0 Å². The zero-order chi connectivity index (χ0) is 37.1. The molecule has 3 aliphatic rings. The number of rotatable bonds is 5. The van der Waals surface area contributed by atoms with Crippen LogP contribution in [-0.2, 0) is 5.41 Å². The predicted molar refractivity (Wildman–Crippen MR) is 222 cm³/mol. The van der Waals surface area contributed by atoms with Gasteiger partial charge in [0.15, 0.2) is 23.2 Å². The highest BCUT2D eigenvalue weighted by atomic mass is 16.5. The lowest BCUT2D eigenvalue weighted by Crippen LogP contribution is -2.48. The molecule has 7 aromatic rings. The van der Waals surface area contributed by atoms with Gasteiger partial charge in [0.05, 0.1) is 16.9 Å². The summed E-state index contributed by atoms with van der Waals surface area (Å²) in [5.74, 6) is 3.68. The normalized spacial score (nSPS) is 17.8. The van der Waals surface area contributed by atoms with Gasteiger partial charge >= 0.3 is 0 Å². The third kappa shape index (κ3) is 5.44. The molecule has 10 rings (SSSR count). The lowest BCUT2D eigenvalue weighted by Gasteiger charge is -2.51. The van der Waals surface area contributed by atoms with Gasteiger partial charge in [0.1, 0.15) is 5.76 Å². The van der Waals surface area contributed by atoms with Crippen LogP contribution < -0.4 is 14.5 Å². The second-order valence-corrected chi connectivity index (χ2v) is 15.2. The van der Waals surface area contributed by atoms with E-state index < -0.39 is 5.54 Å². The van der Waals surface area contributed by atoms with E-state index in [1.165, 1.54) is 22.5 Å². The highest BCUT2D eigenvalue weighted by Crippen LogP contribution is 2.54. The summed E-state index contributed by atoms with van der Waals surface area (Å²) in [6.45, 7) is 6.98. The Balaban J connectivity index is 1.04. The number of aromatic nitrogens is 3. The third-order valence-electron chi connectivity index (χ3n) is 11.2. The van der Waals surface area contributed by atoms with Gasteiger partial charge in [-0.25, -0.2) is 15.0 Å². The van der Waals surface area contributed by atoms with Gasteiger partial charge < -0.3 is 14.5 Å². The molecule has 0 amide bonds. The van der Waals surface area contributed by atoms with Crippen LogP contribution in [0.5, 0.6) is 5.75 Å². The Labute approximate surface area is 321 Å². The Morgan fingerprint density at radius 1 is 0.509 bits per heavy atom. The van der Waals surface area contributed by atoms with Crippen LogP contribution in [0, 0.1) is 0 Å². The Bertz CT molecular complexity index is 2540. The SMILES string of the molecule is CC1(C)c2ccccc2N(C2(C)C=CC3=C(C2)Oc2ccccc2N3c2ccc(-c3nc(-c4ccccc4)nc(-c4ccccc4)n3)cc2)c2ccccc21. The van der Waals surface area contributed by atoms with Crippen LogP contribution in [-0.4, -0.2) is 20.5 Å². The summed E-state index contributed by atoms with van der Waals surface area (Å²) in [5.41, 5.74) is 10.4. The van der Waals surface area contributed by atoms with Crippen LogP contribution in [0.4, 0.5) is 22.7 Å². The molecule has 2 aliphatic heterocycles. The smallest absolute Gasteiger partial charge is 0.164 e. The topological polar surface area (TPSA) is 54.4 Å². The van der Waals surface area contributed by atoms with E-state index in [4.69, 9.17) is 19.7 Å². The molecular formula is C49H39N5O. The summed E-state index contributed by atoms with van der Waals surface area (Å²) in [5, 5.41) is 0. The van der Waals surface area contributed by atoms with Crippen LogP contribution in [0.15, 0.2) is 181 Å². The van der Waals surface area contributed by atoms with Crippen molar-refractivity contribution in [3.8, 4) is 39.9 Å². The first-order chi connectivity index (χ1) is 26.9. The number of fused-ring (bicyclic) bond motifs is 3. The first-order valence-corrected chi connectivity index (χ1v) is 18.8. The van der Waals surface area contributed by atoms with E-state index in [1.54, 1.807) is 0 Å². The molecule has 0 spiro atoms. The number of hydrogen-bond acceptors (Lipinski definition) is 6. The molecule has 0 saturated carbocycles. The van der Waals surface area contributed by atoms with Crippen molar-refractivity contribution in [2.45, 2.75) is 38.1 Å². The minimum atomic E-state index is -0.394. The van der Waals surface area contributed by atoms with Crippen LogP contribution in [0.25, 0.3) is 34.2 Å². The Hall–Kier alpha value is -6.79. The molecule has 0 radical (unpaired) electrons. The van der Waals surface area contributed by atoms with Crippen LogP contribution >= 0.6 is 0 Å². The monoisotopic (exact) mass is 713 g/mol. The van der Waals surface area contributed by atoms with Gasteiger partial charge in [-0.15, -0.1) is 0 Å². The molecule has 6 aromatic carbocycles. The predicted octanol–water partition coefficient (Wildman–Crippen LogP) is 11.8. The Morgan fingerprint density at radius 3 is 1.55 bits per heavy atom. The van der Waals surface area contributed by atoms with Gasteiger partial charge in [0.25, 0.3) is 0 Å². The second kappa shape index (κ2) is 12.7. The maximum Gasteiger partial charge on any atom is 0.164 e. The maximum atomic E-state index is 6.83. The number of benzene rings is 6. The van der Waals surface area contributed by atoms with Crippen molar-refractivity contribution in [2.75, 3.05) is 9.80 Å². The van der Waals surface area contributed by atoms with Gasteiger partial charge in [0.2, 0.25) is 0 Å². The number of ether oxygens (including phenoxy) is 1. The van der Waals surface area contributed by atoms with E-state index in [0.717, 1.165) is 45.3 Å². The molecule has 1 aromatic heterocycles. The first-order valence-electron chi connectivity index (χ1n) is 18.8. The standard InChI is InChI=1S/C49H39N5O/c1-48(2)37-20-10-12-22-39(37)54(40-23-13-11-21-38(40)48)49(3)31-30-42-44(32-49)55-43-25-15-14-24-41(43)53(42)36-28-26-35(27-29-36)47-51-45(33-16-6-4-7-17-33)50-46(52-47)34-18-8-5-9-19-34/h4-31H,32H2,1-3H3. The molecule has 6 nitrogen and oxygen atoms in total. The molecule has 1 aliphatic carbocycles. The number of allylic oxidation sites excluding steroid dienone is 1. The minimum Gasteiger partial charge on any atom is -0.457 e. The minimum absolute atomic E-state index is 0.125. The van der Waals surface area contributed by atoms with Crippen molar-refractivity contribution < 1.29 is 4.74 Å². The van der Waals surface area contributed by atoms with E-state index in [0.29, 0.717) is 23.9 Å². The molecule has 0 fully saturated rings. The van der Waals surface area contributed by atoms with E-state index in [-0.39, 0.29) is 5.41 Å². The van der Waals surface area contributed by atoms with E-state index in [2.05, 4.69) is 134 Å². The fourth-order valence-electron chi connectivity index (χ4n) is 8.45. The molecule has 0 bridgehead atoms. The molecule has 3 heterocycles. The summed E-state index contributed by atoms with van der Waals surface area (Å²) in [4.78, 5) is 19.6. The van der Waals surface area contributed by atoms with Gasteiger partial charge in [-0.05, 0) is 72.7 Å². The van der Waals surface area contributed by atoms with Crippen molar-refractivity contribution in [3.63, 3.8) is 0 Å². The average molecular weight is 714 g/mol. The Morgan fingerprint density at radius 2 is 0.982 bits per heavy atom. The van der Waals surface area contributed by atoms with Crippen LogP contribution in [0.2, 0.25) is 0 Å². The molecule has 1 unspecified atom stereocenters. The summed E-state index contributed by atoms with van der Waals surface area (Å²) in [6, 6.07) is 54.6. The van der Waals surface area contributed by atoms with Crippen molar-refractivity contribution in [2.24, 2.45) is 0 Å². The lowest BCUT2D eigenvalue weighted by molar-refractivity contribution is 0.352. The number of hydrogen-bond donors (Lipinski definition) is 0. The fraction of sp³-hybridized carbons (Fsp3) is 0.122. The fourth-order valence-corrected chi connectivity index (χ4v) is 8.45. The molecule has 0 N–H and O–H groups in total. The number of nitrogens with zero attached hydrogens (tertiary/aromatic N) is 5. The lowest BCUT2D eigenvalue weighted by atomic mass is 9.72. The summed E-state index contributed by atoms with van der Waals surface area (Å²) in [7, 11) is 0. The number of anilines is 4. The molecule has 266 valence electrons. The maximum absolute atomic E-state index is 6.83. The van der Waals surface area contributed by atoms with E-state index in [1.807, 2.05) is 66.7 Å². The highest BCUT2D eigenvalue weighted by molar-refractivity contribution is 5.82. The third-order valence-corrected chi connectivity index (χ3v) is 11.2. The summed E-state index contributed by atoms with van der Waals surface area (Å²) in [6.07, 6.45) is 5.29. The van der Waals surface area contributed by atoms with Gasteiger partial charge in [-0.1, -0.05) is 129 Å². The van der Waals surface area contributed by atoms with Crippen molar-refractivity contribution in [1.29, 1.82) is 0 Å². The summed E-state index contributed by atoms with van der Waals surface area (Å²) >= 11 is 0. The Kier molecular flexibility index (Phi) is 7.56. The second-order valence-electron chi connectivity index (χ2n) is 15.2. The molecule has 55 heavy (non-hydrogen) atoms. The van der Waals surface area contributed by atoms with Gasteiger partial charge in [-0.2, -0.15) is 0 Å². The summed E-state index contributed by atoms with van der Waals surface area (Å²) < 4.78 is 6.83. The van der Waals surface area contributed by atoms with Gasteiger partial charge in [0, 0.05) is 45.6 Å². The largest absolute Gasteiger partial charge is 0.457 e. The quantitative estimate of drug-likeness (QED) is 0.177. The first kappa shape index (κ1) is 32.8. The molecule has 1 atom stereocenters. The van der Waals surface area contributed by atoms with Gasteiger partial charge in [-0.3, -0.25) is 0 Å². The highest BCUT2D eigenvalue weighted by Gasteiger charge is 2.45. The zero-order valence-electron chi connectivity index (χ0n) is 31.0. The average Bonchev–Trinajstić information content (AvgIpc) is 3.23. The van der Waals surface area contributed by atoms with Crippen molar-refractivity contribution in [1.82, 2.24) is 15.0 Å².